The van der Waals surface area contributed by atoms with Crippen molar-refractivity contribution in [3.05, 3.63) is 72.9 Å². The molecule has 0 aromatic heterocycles. The molecule has 0 saturated heterocycles. The van der Waals surface area contributed by atoms with Crippen molar-refractivity contribution < 1.29 is 28.6 Å². The van der Waals surface area contributed by atoms with E-state index in [1.165, 1.54) is 116 Å². The highest BCUT2D eigenvalue weighted by atomic mass is 16.6. The SMILES string of the molecule is CC\C=C/C=C\C=C/C=C\CCCCCCCC(=O)OCC(COC(=O)CCCCCCCCCCCCCCCCC)OC(=O)CCCCCCCC/C=C\C=C/CCCCC. The summed E-state index contributed by atoms with van der Waals surface area (Å²) in [6, 6.07) is 0. The average molecular weight is 879 g/mol. The molecule has 63 heavy (non-hydrogen) atoms. The van der Waals surface area contributed by atoms with Crippen molar-refractivity contribution in [2.24, 2.45) is 0 Å². The largest absolute Gasteiger partial charge is 0.462 e. The van der Waals surface area contributed by atoms with Gasteiger partial charge in [-0.2, -0.15) is 0 Å². The van der Waals surface area contributed by atoms with Crippen LogP contribution in [0.3, 0.4) is 0 Å². The van der Waals surface area contributed by atoms with Crippen LogP contribution in [0.2, 0.25) is 0 Å². The molecule has 0 aliphatic carbocycles. The molecule has 6 heteroatoms. The van der Waals surface area contributed by atoms with Crippen molar-refractivity contribution >= 4 is 17.9 Å². The molecule has 1 atom stereocenters. The molecule has 0 aromatic carbocycles. The van der Waals surface area contributed by atoms with Crippen LogP contribution in [0.25, 0.3) is 0 Å². The Balaban J connectivity index is 4.43. The summed E-state index contributed by atoms with van der Waals surface area (Å²) in [5.74, 6) is -0.917. The van der Waals surface area contributed by atoms with Gasteiger partial charge in [-0.15, -0.1) is 0 Å². The molecule has 0 amide bonds. The highest BCUT2D eigenvalue weighted by molar-refractivity contribution is 5.71. The fourth-order valence-corrected chi connectivity index (χ4v) is 7.33. The fourth-order valence-electron chi connectivity index (χ4n) is 7.33. The summed E-state index contributed by atoms with van der Waals surface area (Å²) in [6.07, 6.45) is 64.5. The molecule has 0 saturated carbocycles. The van der Waals surface area contributed by atoms with Crippen LogP contribution in [0.5, 0.6) is 0 Å². The Bertz CT molecular complexity index is 1190. The molecule has 362 valence electrons. The van der Waals surface area contributed by atoms with E-state index in [1.807, 2.05) is 18.2 Å². The first-order valence-corrected chi connectivity index (χ1v) is 26.5. The number of unbranched alkanes of at least 4 members (excludes halogenated alkanes) is 28. The van der Waals surface area contributed by atoms with Crippen molar-refractivity contribution in [1.29, 1.82) is 0 Å². The summed E-state index contributed by atoms with van der Waals surface area (Å²) in [4.78, 5) is 38.0. The van der Waals surface area contributed by atoms with Crippen molar-refractivity contribution in [2.45, 2.75) is 258 Å². The highest BCUT2D eigenvalue weighted by Gasteiger charge is 2.19. The molecule has 1 unspecified atom stereocenters. The third kappa shape index (κ3) is 49.7. The minimum Gasteiger partial charge on any atom is -0.462 e. The lowest BCUT2D eigenvalue weighted by atomic mass is 10.0. The van der Waals surface area contributed by atoms with Gasteiger partial charge in [-0.25, -0.2) is 0 Å². The van der Waals surface area contributed by atoms with Crippen LogP contribution in [0.4, 0.5) is 0 Å². The summed E-state index contributed by atoms with van der Waals surface area (Å²) in [5.41, 5.74) is 0. The molecule has 6 nitrogen and oxygen atoms in total. The standard InChI is InChI=1S/C57H98O6/c1-4-7-10-13-16-19-22-25-28-31-34-37-40-43-46-49-55(58)61-52-54(63-57(60)51-48-45-42-39-36-33-30-27-24-21-18-15-12-9-6-3)53-62-56(59)50-47-44-41-38-35-32-29-26-23-20-17-14-11-8-5-2/h7,10,13,16,18-19,21-22,24-25,27-28,54H,4-6,8-9,11-12,14-15,17,20,23,26,29-53H2,1-3H3/b10-7-,16-13-,21-18-,22-19-,27-24-,28-25-. The lowest BCUT2D eigenvalue weighted by Crippen LogP contribution is -2.30. The fraction of sp³-hybridized carbons (Fsp3) is 0.737. The first kappa shape index (κ1) is 59.9. The minimum absolute atomic E-state index is 0.0864. The molecule has 0 aromatic rings. The van der Waals surface area contributed by atoms with E-state index in [9.17, 15) is 14.4 Å². The van der Waals surface area contributed by atoms with E-state index in [0.717, 1.165) is 96.3 Å². The van der Waals surface area contributed by atoms with E-state index < -0.39 is 6.10 Å². The number of ether oxygens (including phenoxy) is 3. The van der Waals surface area contributed by atoms with E-state index in [4.69, 9.17) is 14.2 Å². The van der Waals surface area contributed by atoms with Crippen LogP contribution in [-0.2, 0) is 28.6 Å². The van der Waals surface area contributed by atoms with E-state index in [1.54, 1.807) is 0 Å². The zero-order chi connectivity index (χ0) is 45.8. The van der Waals surface area contributed by atoms with Gasteiger partial charge in [0, 0.05) is 19.3 Å². The molecule has 0 aliphatic heterocycles. The van der Waals surface area contributed by atoms with Crippen LogP contribution in [0, 0.1) is 0 Å². The minimum atomic E-state index is -0.789. The molecule has 0 fully saturated rings. The quantitative estimate of drug-likeness (QED) is 0.0262. The van der Waals surface area contributed by atoms with Gasteiger partial charge >= 0.3 is 17.9 Å². The number of rotatable bonds is 47. The Morgan fingerprint density at radius 1 is 0.333 bits per heavy atom. The molecule has 0 rings (SSSR count). The molecule has 0 spiro atoms. The first-order valence-electron chi connectivity index (χ1n) is 26.5. The number of esters is 3. The molecule has 0 aliphatic rings. The van der Waals surface area contributed by atoms with Gasteiger partial charge in [0.05, 0.1) is 0 Å². The first-order chi connectivity index (χ1) is 31.0. The van der Waals surface area contributed by atoms with E-state index in [2.05, 4.69) is 75.5 Å². The van der Waals surface area contributed by atoms with Crippen LogP contribution in [0.1, 0.15) is 252 Å². The highest BCUT2D eigenvalue weighted by Crippen LogP contribution is 2.15. The van der Waals surface area contributed by atoms with Crippen molar-refractivity contribution in [3.63, 3.8) is 0 Å². The maximum Gasteiger partial charge on any atom is 0.306 e. The van der Waals surface area contributed by atoms with Gasteiger partial charge in [-0.3, -0.25) is 14.4 Å². The second-order valence-corrected chi connectivity index (χ2v) is 17.5. The van der Waals surface area contributed by atoms with Crippen molar-refractivity contribution in [3.8, 4) is 0 Å². The Morgan fingerprint density at radius 3 is 1.02 bits per heavy atom. The number of hydrogen-bond donors (Lipinski definition) is 0. The maximum absolute atomic E-state index is 12.8. The summed E-state index contributed by atoms with van der Waals surface area (Å²) in [6.45, 7) is 6.45. The van der Waals surface area contributed by atoms with Crippen LogP contribution in [0.15, 0.2) is 72.9 Å². The molecular weight excluding hydrogens is 781 g/mol. The lowest BCUT2D eigenvalue weighted by Gasteiger charge is -2.18. The number of hydrogen-bond acceptors (Lipinski definition) is 6. The van der Waals surface area contributed by atoms with Crippen LogP contribution in [-0.4, -0.2) is 37.2 Å². The van der Waals surface area contributed by atoms with Crippen LogP contribution >= 0.6 is 0 Å². The Kier molecular flexibility index (Phi) is 48.9. The summed E-state index contributed by atoms with van der Waals surface area (Å²) >= 11 is 0. The van der Waals surface area contributed by atoms with E-state index in [0.29, 0.717) is 19.3 Å². The van der Waals surface area contributed by atoms with Gasteiger partial charge in [-0.05, 0) is 64.2 Å². The van der Waals surface area contributed by atoms with Gasteiger partial charge in [0.25, 0.3) is 0 Å². The third-order valence-corrected chi connectivity index (χ3v) is 11.3. The normalized spacial score (nSPS) is 12.6. The molecule has 0 radical (unpaired) electrons. The Labute approximate surface area is 389 Å². The van der Waals surface area contributed by atoms with Gasteiger partial charge in [-0.1, -0.05) is 241 Å². The zero-order valence-corrected chi connectivity index (χ0v) is 41.3. The topological polar surface area (TPSA) is 78.9 Å². The summed E-state index contributed by atoms with van der Waals surface area (Å²) in [7, 11) is 0. The smallest absolute Gasteiger partial charge is 0.306 e. The lowest BCUT2D eigenvalue weighted by molar-refractivity contribution is -0.167. The number of carbonyl (C=O) groups excluding carboxylic acids is 3. The maximum atomic E-state index is 12.8. The zero-order valence-electron chi connectivity index (χ0n) is 41.3. The third-order valence-electron chi connectivity index (χ3n) is 11.3. The Hall–Kier alpha value is -3.15. The summed E-state index contributed by atoms with van der Waals surface area (Å²) < 4.78 is 16.8. The van der Waals surface area contributed by atoms with E-state index >= 15 is 0 Å². The van der Waals surface area contributed by atoms with Gasteiger partial charge < -0.3 is 14.2 Å². The van der Waals surface area contributed by atoms with Gasteiger partial charge in [0.1, 0.15) is 13.2 Å². The second-order valence-electron chi connectivity index (χ2n) is 17.5. The number of allylic oxidation sites excluding steroid dienone is 12. The molecular formula is C57H98O6. The molecule has 0 bridgehead atoms. The molecule has 0 N–H and O–H groups in total. The predicted octanol–water partition coefficient (Wildman–Crippen LogP) is 17.4. The average Bonchev–Trinajstić information content (AvgIpc) is 3.28. The summed E-state index contributed by atoms with van der Waals surface area (Å²) in [5, 5.41) is 0. The van der Waals surface area contributed by atoms with Crippen molar-refractivity contribution in [2.75, 3.05) is 13.2 Å². The second kappa shape index (κ2) is 51.5. The van der Waals surface area contributed by atoms with Crippen LogP contribution < -0.4 is 0 Å². The van der Waals surface area contributed by atoms with E-state index in [-0.39, 0.29) is 31.1 Å². The molecule has 0 heterocycles. The van der Waals surface area contributed by atoms with Gasteiger partial charge in [0.15, 0.2) is 6.10 Å². The number of carbonyl (C=O) groups is 3. The predicted molar refractivity (Wildman–Crippen MR) is 270 cm³/mol. The van der Waals surface area contributed by atoms with Gasteiger partial charge in [0.2, 0.25) is 0 Å². The Morgan fingerprint density at radius 2 is 0.619 bits per heavy atom. The van der Waals surface area contributed by atoms with Crippen molar-refractivity contribution in [1.82, 2.24) is 0 Å². The monoisotopic (exact) mass is 879 g/mol.